The van der Waals surface area contributed by atoms with Crippen molar-refractivity contribution < 1.29 is 23.5 Å². The third-order valence-corrected chi connectivity index (χ3v) is 4.44. The van der Waals surface area contributed by atoms with Gasteiger partial charge >= 0.3 is 5.97 Å². The summed E-state index contributed by atoms with van der Waals surface area (Å²) in [4.78, 5) is 24.3. The van der Waals surface area contributed by atoms with Crippen molar-refractivity contribution in [1.82, 2.24) is 0 Å². The summed E-state index contributed by atoms with van der Waals surface area (Å²) in [6, 6.07) is 15.6. The molecule has 0 aliphatic rings. The fraction of sp³-hybridized carbons (Fsp3) is 0.111. The van der Waals surface area contributed by atoms with Gasteiger partial charge in [0.05, 0.1) is 9.21 Å². The number of benzene rings is 1. The fourth-order valence-electron chi connectivity index (χ4n) is 1.97. The quantitative estimate of drug-likeness (QED) is 0.445. The van der Waals surface area contributed by atoms with E-state index < -0.39 is 5.97 Å². The van der Waals surface area contributed by atoms with Crippen LogP contribution < -0.4 is 4.74 Å². The summed E-state index contributed by atoms with van der Waals surface area (Å²) < 4.78 is 16.4. The zero-order valence-electron chi connectivity index (χ0n) is 12.9. The van der Waals surface area contributed by atoms with Crippen LogP contribution in [0.1, 0.15) is 26.0 Å². The van der Waals surface area contributed by atoms with Crippen LogP contribution in [0.15, 0.2) is 59.0 Å². The molecule has 0 aliphatic heterocycles. The summed E-state index contributed by atoms with van der Waals surface area (Å²) in [5, 5.41) is 0. The first-order valence-corrected chi connectivity index (χ1v) is 8.53. The van der Waals surface area contributed by atoms with Gasteiger partial charge in [-0.2, -0.15) is 0 Å². The molecule has 5 nitrogen and oxygen atoms in total. The fourth-order valence-corrected chi connectivity index (χ4v) is 2.94. The van der Waals surface area contributed by atoms with Crippen LogP contribution in [0.4, 0.5) is 0 Å². The third kappa shape index (κ3) is 4.71. The highest BCUT2D eigenvalue weighted by Crippen LogP contribution is 2.22. The van der Waals surface area contributed by atoms with E-state index in [9.17, 15) is 9.59 Å². The lowest BCUT2D eigenvalue weighted by atomic mass is 10.3. The first-order valence-electron chi connectivity index (χ1n) is 7.34. The molecule has 0 fully saturated rings. The molecule has 7 heteroatoms. The topological polar surface area (TPSA) is 65.7 Å². The van der Waals surface area contributed by atoms with E-state index in [4.69, 9.17) is 25.5 Å². The number of halogens is 1. The van der Waals surface area contributed by atoms with Crippen molar-refractivity contribution in [3.05, 3.63) is 75.3 Å². The monoisotopic (exact) mass is 376 g/mol. The van der Waals surface area contributed by atoms with Crippen molar-refractivity contribution in [2.24, 2.45) is 0 Å². The SMILES string of the molecule is O=C(OCC(=O)c1ccc(Cl)s1)c1ccc(COc2ccccc2)o1. The van der Waals surface area contributed by atoms with Crippen molar-refractivity contribution in [1.29, 1.82) is 0 Å². The van der Waals surface area contributed by atoms with Gasteiger partial charge in [0.2, 0.25) is 11.5 Å². The highest BCUT2D eigenvalue weighted by atomic mass is 35.5. The average molecular weight is 377 g/mol. The van der Waals surface area contributed by atoms with Gasteiger partial charge in [-0.25, -0.2) is 4.79 Å². The lowest BCUT2D eigenvalue weighted by Gasteiger charge is -2.03. The van der Waals surface area contributed by atoms with Crippen LogP contribution in [0.25, 0.3) is 0 Å². The number of carbonyl (C=O) groups is 2. The molecule has 0 amide bonds. The molecule has 0 saturated carbocycles. The minimum absolute atomic E-state index is 0.0173. The van der Waals surface area contributed by atoms with Crippen LogP contribution in [-0.2, 0) is 11.3 Å². The lowest BCUT2D eigenvalue weighted by Crippen LogP contribution is -2.12. The number of esters is 1. The number of thiophene rings is 1. The second kappa shape index (κ2) is 8.00. The largest absolute Gasteiger partial charge is 0.486 e. The summed E-state index contributed by atoms with van der Waals surface area (Å²) in [6.45, 7) is -0.184. The van der Waals surface area contributed by atoms with Gasteiger partial charge in [0.15, 0.2) is 6.61 Å². The second-order valence-electron chi connectivity index (χ2n) is 4.97. The van der Waals surface area contributed by atoms with Crippen molar-refractivity contribution in [2.45, 2.75) is 6.61 Å². The molecule has 128 valence electrons. The Morgan fingerprint density at radius 1 is 1.04 bits per heavy atom. The van der Waals surface area contributed by atoms with Crippen LogP contribution >= 0.6 is 22.9 Å². The molecule has 2 heterocycles. The summed E-state index contributed by atoms with van der Waals surface area (Å²) in [7, 11) is 0. The van der Waals surface area contributed by atoms with E-state index in [0.717, 1.165) is 11.3 Å². The molecular weight excluding hydrogens is 364 g/mol. The number of rotatable bonds is 7. The molecular formula is C18H13ClO5S. The van der Waals surface area contributed by atoms with Crippen molar-refractivity contribution in [3.8, 4) is 5.75 Å². The standard InChI is InChI=1S/C18H13ClO5S/c19-17-9-8-16(25-17)14(20)11-23-18(21)15-7-6-13(24-15)10-22-12-4-2-1-3-5-12/h1-9H,10-11H2. The molecule has 0 N–H and O–H groups in total. The van der Waals surface area contributed by atoms with E-state index in [1.165, 1.54) is 6.07 Å². The Kier molecular flexibility index (Phi) is 5.53. The zero-order valence-corrected chi connectivity index (χ0v) is 14.5. The molecule has 3 aromatic rings. The van der Waals surface area contributed by atoms with Gasteiger partial charge in [-0.15, -0.1) is 11.3 Å². The number of Topliss-reactive ketones (excluding diaryl/α,β-unsaturated/α-hetero) is 1. The number of hydrogen-bond donors (Lipinski definition) is 0. The average Bonchev–Trinajstić information content (AvgIpc) is 3.27. The molecule has 0 radical (unpaired) electrons. The highest BCUT2D eigenvalue weighted by molar-refractivity contribution is 7.18. The molecule has 0 bridgehead atoms. The van der Waals surface area contributed by atoms with Crippen LogP contribution in [0.3, 0.4) is 0 Å². The normalized spacial score (nSPS) is 10.4. The summed E-state index contributed by atoms with van der Waals surface area (Å²) in [5.41, 5.74) is 0. The van der Waals surface area contributed by atoms with E-state index in [0.29, 0.717) is 20.7 Å². The second-order valence-corrected chi connectivity index (χ2v) is 6.69. The lowest BCUT2D eigenvalue weighted by molar-refractivity contribution is 0.0441. The van der Waals surface area contributed by atoms with E-state index in [1.54, 1.807) is 18.2 Å². The van der Waals surface area contributed by atoms with Gasteiger partial charge in [0.1, 0.15) is 18.1 Å². The predicted octanol–water partition coefficient (Wildman–Crippen LogP) is 4.61. The van der Waals surface area contributed by atoms with Gasteiger partial charge in [-0.3, -0.25) is 4.79 Å². The first-order chi connectivity index (χ1) is 12.1. The Labute approximate surface area is 152 Å². The first kappa shape index (κ1) is 17.3. The number of ether oxygens (including phenoxy) is 2. The van der Waals surface area contributed by atoms with Crippen LogP contribution in [0, 0.1) is 0 Å². The molecule has 0 atom stereocenters. The molecule has 0 aliphatic carbocycles. The van der Waals surface area contributed by atoms with Crippen LogP contribution in [0.2, 0.25) is 4.34 Å². The number of ketones is 1. The Hall–Kier alpha value is -2.57. The summed E-state index contributed by atoms with van der Waals surface area (Å²) in [6.07, 6.45) is 0. The zero-order chi connectivity index (χ0) is 17.6. The maximum absolute atomic E-state index is 11.9. The maximum Gasteiger partial charge on any atom is 0.374 e. The molecule has 0 unspecified atom stereocenters. The van der Waals surface area contributed by atoms with E-state index in [1.807, 2.05) is 30.3 Å². The van der Waals surface area contributed by atoms with Gasteiger partial charge < -0.3 is 13.9 Å². The van der Waals surface area contributed by atoms with E-state index in [-0.39, 0.29) is 24.8 Å². The van der Waals surface area contributed by atoms with Crippen molar-refractivity contribution in [2.75, 3.05) is 6.61 Å². The smallest absolute Gasteiger partial charge is 0.374 e. The number of hydrogen-bond acceptors (Lipinski definition) is 6. The molecule has 2 aromatic heterocycles. The Bertz CT molecular complexity index is 868. The maximum atomic E-state index is 11.9. The number of furan rings is 1. The van der Waals surface area contributed by atoms with E-state index in [2.05, 4.69) is 0 Å². The van der Waals surface area contributed by atoms with Crippen molar-refractivity contribution >= 4 is 34.7 Å². The molecule has 1 aromatic carbocycles. The van der Waals surface area contributed by atoms with Gasteiger partial charge in [-0.05, 0) is 36.4 Å². The highest BCUT2D eigenvalue weighted by Gasteiger charge is 2.16. The minimum atomic E-state index is -0.707. The van der Waals surface area contributed by atoms with Gasteiger partial charge in [0.25, 0.3) is 0 Å². The summed E-state index contributed by atoms with van der Waals surface area (Å²) >= 11 is 6.91. The van der Waals surface area contributed by atoms with Crippen molar-refractivity contribution in [3.63, 3.8) is 0 Å². The van der Waals surface area contributed by atoms with Gasteiger partial charge in [-0.1, -0.05) is 29.8 Å². The third-order valence-electron chi connectivity index (χ3n) is 3.17. The molecule has 25 heavy (non-hydrogen) atoms. The Morgan fingerprint density at radius 3 is 2.56 bits per heavy atom. The molecule has 0 saturated heterocycles. The summed E-state index contributed by atoms with van der Waals surface area (Å²) in [5.74, 6) is 0.172. The molecule has 3 rings (SSSR count). The Morgan fingerprint density at radius 2 is 1.84 bits per heavy atom. The number of para-hydroxylation sites is 1. The van der Waals surface area contributed by atoms with Gasteiger partial charge in [0, 0.05) is 0 Å². The Balaban J connectivity index is 1.51. The molecule has 0 spiro atoms. The minimum Gasteiger partial charge on any atom is -0.486 e. The van der Waals surface area contributed by atoms with Crippen LogP contribution in [-0.4, -0.2) is 18.4 Å². The predicted molar refractivity (Wildman–Crippen MR) is 93.4 cm³/mol. The van der Waals surface area contributed by atoms with Crippen LogP contribution in [0.5, 0.6) is 5.75 Å². The number of carbonyl (C=O) groups excluding carboxylic acids is 2. The van der Waals surface area contributed by atoms with E-state index >= 15 is 0 Å².